The van der Waals surface area contributed by atoms with Crippen LogP contribution in [0, 0.1) is 11.6 Å². The minimum atomic E-state index is -4.56. The van der Waals surface area contributed by atoms with E-state index in [1.807, 2.05) is 18.3 Å². The smallest absolute Gasteiger partial charge is 0.371 e. The van der Waals surface area contributed by atoms with Gasteiger partial charge in [0, 0.05) is 38.1 Å². The predicted octanol–water partition coefficient (Wildman–Crippen LogP) is 4.17. The number of anilines is 1. The highest BCUT2D eigenvalue weighted by molar-refractivity contribution is 6.01. The van der Waals surface area contributed by atoms with E-state index >= 15 is 0 Å². The van der Waals surface area contributed by atoms with E-state index in [2.05, 4.69) is 20.2 Å². The minimum absolute atomic E-state index is 0.00115. The summed E-state index contributed by atoms with van der Waals surface area (Å²) >= 11 is 0. The first kappa shape index (κ1) is 24.7. The number of benzene rings is 1. The standard InChI is InChI=1S/C18H18F3N7O.C6H4F2/c19-18(20,21)17-24-23-15-11-26(7-8-27(15)17)16(29)13-10-22-28-6-3-12(9-14(13)28)25-4-1-2-5-25;7-5-1-2-6(8)4-3-5/h3,6,9-10H,1-2,4-5,7-8,11H2;1-4H. The third-order valence-electron chi connectivity index (χ3n) is 6.30. The lowest BCUT2D eigenvalue weighted by molar-refractivity contribution is -0.147. The van der Waals surface area contributed by atoms with Gasteiger partial charge in [-0.15, -0.1) is 10.2 Å². The van der Waals surface area contributed by atoms with Crippen LogP contribution in [0.5, 0.6) is 0 Å². The molecule has 0 spiro atoms. The molecular weight excluding hydrogens is 497 g/mol. The van der Waals surface area contributed by atoms with Gasteiger partial charge in [-0.1, -0.05) is 0 Å². The Morgan fingerprint density at radius 2 is 1.57 bits per heavy atom. The molecule has 5 heterocycles. The second-order valence-electron chi connectivity index (χ2n) is 8.72. The zero-order chi connectivity index (χ0) is 26.2. The van der Waals surface area contributed by atoms with E-state index in [0.29, 0.717) is 11.1 Å². The van der Waals surface area contributed by atoms with E-state index in [1.54, 1.807) is 4.52 Å². The van der Waals surface area contributed by atoms with Gasteiger partial charge >= 0.3 is 6.18 Å². The summed E-state index contributed by atoms with van der Waals surface area (Å²) in [5.41, 5.74) is 2.15. The van der Waals surface area contributed by atoms with Crippen molar-refractivity contribution in [2.75, 3.05) is 24.5 Å². The molecular formula is C24H22F5N7O. The summed E-state index contributed by atoms with van der Waals surface area (Å²) < 4.78 is 65.5. The van der Waals surface area contributed by atoms with Gasteiger partial charge in [0.2, 0.25) is 5.82 Å². The number of hydrogen-bond acceptors (Lipinski definition) is 5. The second-order valence-corrected chi connectivity index (χ2v) is 8.72. The summed E-state index contributed by atoms with van der Waals surface area (Å²) in [6.45, 7) is 2.09. The molecule has 1 aromatic carbocycles. The van der Waals surface area contributed by atoms with Crippen LogP contribution in [-0.2, 0) is 19.3 Å². The lowest BCUT2D eigenvalue weighted by Crippen LogP contribution is -2.39. The number of fused-ring (bicyclic) bond motifs is 2. The number of aromatic nitrogens is 5. The maximum atomic E-state index is 13.1. The Morgan fingerprint density at radius 1 is 0.892 bits per heavy atom. The summed E-state index contributed by atoms with van der Waals surface area (Å²) in [6.07, 6.45) is 1.05. The van der Waals surface area contributed by atoms with Crippen LogP contribution in [0.2, 0.25) is 0 Å². The molecule has 0 atom stereocenters. The fraction of sp³-hybridized carbons (Fsp3) is 0.333. The van der Waals surface area contributed by atoms with Crippen molar-refractivity contribution < 1.29 is 26.7 Å². The van der Waals surface area contributed by atoms with Crippen LogP contribution in [0.15, 0.2) is 48.8 Å². The SMILES string of the molecule is Fc1ccc(F)cc1.O=C(c1cnn2ccc(N3CCCC3)cc12)N1CCn2c(nnc2C(F)(F)F)C1. The summed E-state index contributed by atoms with van der Waals surface area (Å²) in [6, 6.07) is 8.23. The Labute approximate surface area is 207 Å². The van der Waals surface area contributed by atoms with Gasteiger partial charge in [-0.2, -0.15) is 18.3 Å². The highest BCUT2D eigenvalue weighted by Gasteiger charge is 2.40. The Bertz CT molecular complexity index is 1390. The summed E-state index contributed by atoms with van der Waals surface area (Å²) in [4.78, 5) is 16.9. The molecule has 194 valence electrons. The first-order chi connectivity index (χ1) is 17.7. The minimum Gasteiger partial charge on any atom is -0.371 e. The average molecular weight is 519 g/mol. The Hall–Kier alpha value is -4.03. The number of pyridine rings is 1. The van der Waals surface area contributed by atoms with Crippen LogP contribution >= 0.6 is 0 Å². The first-order valence-corrected chi connectivity index (χ1v) is 11.6. The van der Waals surface area contributed by atoms with Crippen molar-refractivity contribution in [2.24, 2.45) is 0 Å². The van der Waals surface area contributed by atoms with E-state index in [-0.39, 0.29) is 31.4 Å². The van der Waals surface area contributed by atoms with Gasteiger partial charge in [-0.3, -0.25) is 4.79 Å². The van der Waals surface area contributed by atoms with E-state index < -0.39 is 23.6 Å². The molecule has 13 heteroatoms. The monoisotopic (exact) mass is 519 g/mol. The lowest BCUT2D eigenvalue weighted by atomic mass is 10.2. The Kier molecular flexibility index (Phi) is 6.52. The molecule has 8 nitrogen and oxygen atoms in total. The van der Waals surface area contributed by atoms with E-state index in [9.17, 15) is 26.7 Å². The molecule has 1 amide bonds. The van der Waals surface area contributed by atoms with E-state index in [4.69, 9.17) is 0 Å². The number of amides is 1. The quantitative estimate of drug-likeness (QED) is 0.372. The topological polar surface area (TPSA) is 71.6 Å². The fourth-order valence-corrected chi connectivity index (χ4v) is 4.45. The maximum Gasteiger partial charge on any atom is 0.451 e. The van der Waals surface area contributed by atoms with Crippen molar-refractivity contribution in [3.05, 3.63) is 77.6 Å². The predicted molar refractivity (Wildman–Crippen MR) is 123 cm³/mol. The third kappa shape index (κ3) is 5.11. The Morgan fingerprint density at radius 3 is 2.22 bits per heavy atom. The molecule has 4 aromatic rings. The fourth-order valence-electron chi connectivity index (χ4n) is 4.45. The van der Waals surface area contributed by atoms with Crippen LogP contribution in [0.25, 0.3) is 5.52 Å². The molecule has 37 heavy (non-hydrogen) atoms. The molecule has 2 aliphatic heterocycles. The van der Waals surface area contributed by atoms with Gasteiger partial charge in [-0.25, -0.2) is 13.3 Å². The van der Waals surface area contributed by atoms with Gasteiger partial charge < -0.3 is 14.4 Å². The van der Waals surface area contributed by atoms with E-state index in [0.717, 1.165) is 60.5 Å². The Balaban J connectivity index is 0.000000301. The average Bonchev–Trinajstić information content (AvgIpc) is 3.64. The van der Waals surface area contributed by atoms with Gasteiger partial charge in [-0.05, 0) is 49.2 Å². The first-order valence-electron chi connectivity index (χ1n) is 11.6. The normalized spacial score (nSPS) is 15.5. The molecule has 0 aliphatic carbocycles. The highest BCUT2D eigenvalue weighted by atomic mass is 19.4. The van der Waals surface area contributed by atoms with Crippen LogP contribution < -0.4 is 4.90 Å². The van der Waals surface area contributed by atoms with Crippen LogP contribution in [-0.4, -0.2) is 54.8 Å². The summed E-state index contributed by atoms with van der Waals surface area (Å²) in [5.74, 6) is -1.99. The van der Waals surface area contributed by atoms with Gasteiger partial charge in [0.25, 0.3) is 5.91 Å². The van der Waals surface area contributed by atoms with Crippen LogP contribution in [0.4, 0.5) is 27.6 Å². The van der Waals surface area contributed by atoms with Gasteiger partial charge in [0.05, 0.1) is 23.8 Å². The van der Waals surface area contributed by atoms with Crippen LogP contribution in [0.3, 0.4) is 0 Å². The molecule has 0 saturated carbocycles. The van der Waals surface area contributed by atoms with Crippen molar-refractivity contribution in [1.82, 2.24) is 29.3 Å². The number of hydrogen-bond donors (Lipinski definition) is 0. The molecule has 3 aromatic heterocycles. The van der Waals surface area contributed by atoms with Crippen LogP contribution in [0.1, 0.15) is 34.8 Å². The number of rotatable bonds is 2. The van der Waals surface area contributed by atoms with Crippen molar-refractivity contribution in [1.29, 1.82) is 0 Å². The molecule has 1 fully saturated rings. The molecule has 0 N–H and O–H groups in total. The van der Waals surface area contributed by atoms with Crippen molar-refractivity contribution >= 4 is 17.1 Å². The zero-order valence-electron chi connectivity index (χ0n) is 19.5. The van der Waals surface area contributed by atoms with Gasteiger partial charge in [0.15, 0.2) is 5.82 Å². The van der Waals surface area contributed by atoms with E-state index in [1.165, 1.54) is 11.1 Å². The zero-order valence-corrected chi connectivity index (χ0v) is 19.5. The number of carbonyl (C=O) groups is 1. The second kappa shape index (κ2) is 9.79. The van der Waals surface area contributed by atoms with Crippen molar-refractivity contribution in [2.45, 2.75) is 32.1 Å². The molecule has 6 rings (SSSR count). The number of nitrogens with zero attached hydrogens (tertiary/aromatic N) is 7. The third-order valence-corrected chi connectivity index (χ3v) is 6.30. The highest BCUT2D eigenvalue weighted by Crippen LogP contribution is 2.30. The van der Waals surface area contributed by atoms with Crippen molar-refractivity contribution in [3.8, 4) is 0 Å². The summed E-state index contributed by atoms with van der Waals surface area (Å²) in [7, 11) is 0. The largest absolute Gasteiger partial charge is 0.451 e. The lowest BCUT2D eigenvalue weighted by Gasteiger charge is -2.27. The molecule has 2 aliphatic rings. The molecule has 0 unspecified atom stereocenters. The molecule has 0 radical (unpaired) electrons. The van der Waals surface area contributed by atoms with Crippen molar-refractivity contribution in [3.63, 3.8) is 0 Å². The summed E-state index contributed by atoms with van der Waals surface area (Å²) in [5, 5.41) is 11.1. The molecule has 0 bridgehead atoms. The molecule has 1 saturated heterocycles. The number of alkyl halides is 3. The number of carbonyl (C=O) groups excluding carboxylic acids is 1. The number of halogens is 5. The maximum absolute atomic E-state index is 13.1. The van der Waals surface area contributed by atoms with Gasteiger partial charge in [0.1, 0.15) is 11.6 Å².